The fourth-order valence-corrected chi connectivity index (χ4v) is 4.79. The van der Waals surface area contributed by atoms with Gasteiger partial charge in [0.05, 0.1) is 0 Å². The molecule has 1 saturated heterocycles. The van der Waals surface area contributed by atoms with E-state index in [1.807, 2.05) is 13.0 Å². The lowest BCUT2D eigenvalue weighted by Gasteiger charge is -2.30. The largest absolute Gasteiger partial charge is 0.459 e. The fourth-order valence-electron chi connectivity index (χ4n) is 4.79. The van der Waals surface area contributed by atoms with E-state index in [0.29, 0.717) is 6.42 Å². The van der Waals surface area contributed by atoms with Crippen LogP contribution in [0.1, 0.15) is 67.4 Å². The molecule has 1 aliphatic rings. The lowest BCUT2D eigenvalue weighted by Crippen LogP contribution is -2.61. The number of allylic oxidation sites excluding steroid dienone is 1. The molecule has 0 spiro atoms. The highest BCUT2D eigenvalue weighted by atomic mass is 16.5. The minimum atomic E-state index is -1.35. The van der Waals surface area contributed by atoms with Crippen molar-refractivity contribution in [2.75, 3.05) is 0 Å². The lowest BCUT2D eigenvalue weighted by molar-refractivity contribution is -0.155. The summed E-state index contributed by atoms with van der Waals surface area (Å²) in [4.78, 5) is 80.7. The summed E-state index contributed by atoms with van der Waals surface area (Å²) in [5.41, 5.74) is 6.75. The molecule has 1 aromatic rings. The van der Waals surface area contributed by atoms with Crippen LogP contribution in [0.5, 0.6) is 0 Å². The molecular formula is C33H50N6O7. The maximum absolute atomic E-state index is 13.7. The summed E-state index contributed by atoms with van der Waals surface area (Å²) < 4.78 is 5.50. The Morgan fingerprint density at radius 3 is 1.89 bits per heavy atom. The summed E-state index contributed by atoms with van der Waals surface area (Å²) in [6, 6.07) is 3.21. The molecule has 1 aromatic carbocycles. The Morgan fingerprint density at radius 1 is 0.783 bits per heavy atom. The van der Waals surface area contributed by atoms with Crippen molar-refractivity contribution in [1.82, 2.24) is 26.6 Å². The lowest BCUT2D eigenvalue weighted by atomic mass is 9.95. The fraction of sp³-hybridized carbons (Fsp3) is 0.576. The zero-order chi connectivity index (χ0) is 34.7. The van der Waals surface area contributed by atoms with Crippen LogP contribution in [0.3, 0.4) is 0 Å². The quantitative estimate of drug-likeness (QED) is 0.194. The SMILES string of the molecule is C/C=C1\NC(=O)[C@H](Cc2ccccc2)NC(=O)[C@@H](C(C)C)NC(=O)[C@@H]([C@H](C)CC)NC(=O)[C@H](N)[C@H](C)OC(=O)[C@H](C(C)C)NC1=O. The molecule has 0 bridgehead atoms. The van der Waals surface area contributed by atoms with E-state index < -0.39 is 83.7 Å². The van der Waals surface area contributed by atoms with Gasteiger partial charge in [-0.25, -0.2) is 4.79 Å². The number of cyclic esters (lactones) is 1. The maximum atomic E-state index is 13.7. The van der Waals surface area contributed by atoms with E-state index in [0.717, 1.165) is 5.56 Å². The average Bonchev–Trinajstić information content (AvgIpc) is 3.01. The average molecular weight is 643 g/mol. The van der Waals surface area contributed by atoms with Gasteiger partial charge in [-0.1, -0.05) is 84.4 Å². The number of nitrogens with one attached hydrogen (secondary N) is 5. The van der Waals surface area contributed by atoms with Gasteiger partial charge in [0.2, 0.25) is 23.6 Å². The first kappa shape index (κ1) is 37.9. The van der Waals surface area contributed by atoms with Gasteiger partial charge in [0.1, 0.15) is 42.0 Å². The second kappa shape index (κ2) is 17.4. The third-order valence-electron chi connectivity index (χ3n) is 8.06. The van der Waals surface area contributed by atoms with Crippen LogP contribution in [0.25, 0.3) is 0 Å². The molecule has 5 amide bonds. The highest BCUT2D eigenvalue weighted by Gasteiger charge is 2.37. The van der Waals surface area contributed by atoms with E-state index in [2.05, 4.69) is 26.6 Å². The molecule has 1 aliphatic heterocycles. The van der Waals surface area contributed by atoms with Crippen LogP contribution in [0.4, 0.5) is 0 Å². The van der Waals surface area contributed by atoms with Gasteiger partial charge in [0.15, 0.2) is 0 Å². The Morgan fingerprint density at radius 2 is 1.35 bits per heavy atom. The van der Waals surface area contributed by atoms with E-state index in [-0.39, 0.29) is 18.0 Å². The predicted molar refractivity (Wildman–Crippen MR) is 172 cm³/mol. The Labute approximate surface area is 271 Å². The molecule has 7 atom stereocenters. The number of ether oxygens (including phenoxy) is 1. The first-order valence-electron chi connectivity index (χ1n) is 15.8. The van der Waals surface area contributed by atoms with Gasteiger partial charge in [-0.15, -0.1) is 0 Å². The number of benzene rings is 1. The molecular weight excluding hydrogens is 592 g/mol. The smallest absolute Gasteiger partial charge is 0.329 e. The van der Waals surface area contributed by atoms with Gasteiger partial charge in [-0.05, 0) is 37.2 Å². The van der Waals surface area contributed by atoms with Crippen LogP contribution in [-0.4, -0.2) is 71.8 Å². The Bertz CT molecular complexity index is 1280. The zero-order valence-electron chi connectivity index (χ0n) is 28.0. The molecule has 0 unspecified atom stereocenters. The molecule has 0 aromatic heterocycles. The normalized spacial score (nSPS) is 27.8. The van der Waals surface area contributed by atoms with E-state index in [4.69, 9.17) is 10.5 Å². The molecule has 1 heterocycles. The summed E-state index contributed by atoms with van der Waals surface area (Å²) in [5.74, 6) is -5.43. The first-order valence-corrected chi connectivity index (χ1v) is 15.8. The van der Waals surface area contributed by atoms with Crippen LogP contribution in [0.2, 0.25) is 0 Å². The number of hydrogen-bond acceptors (Lipinski definition) is 8. The van der Waals surface area contributed by atoms with Crippen molar-refractivity contribution in [3.63, 3.8) is 0 Å². The molecule has 13 heteroatoms. The molecule has 2 rings (SSSR count). The second-order valence-corrected chi connectivity index (χ2v) is 12.4. The van der Waals surface area contributed by atoms with Crippen LogP contribution in [0.15, 0.2) is 42.1 Å². The number of carbonyl (C=O) groups excluding carboxylic acids is 6. The van der Waals surface area contributed by atoms with E-state index in [9.17, 15) is 28.8 Å². The Kier molecular flexibility index (Phi) is 14.4. The minimum Gasteiger partial charge on any atom is -0.459 e. The van der Waals surface area contributed by atoms with E-state index >= 15 is 0 Å². The minimum absolute atomic E-state index is 0.0814. The van der Waals surface area contributed by atoms with Gasteiger partial charge in [-0.3, -0.25) is 24.0 Å². The number of esters is 1. The Balaban J connectivity index is 2.60. The van der Waals surface area contributed by atoms with Gasteiger partial charge in [0.25, 0.3) is 5.91 Å². The number of rotatable bonds is 6. The summed E-state index contributed by atoms with van der Waals surface area (Å²) in [6.45, 7) is 13.5. The van der Waals surface area contributed by atoms with Crippen LogP contribution in [0, 0.1) is 17.8 Å². The van der Waals surface area contributed by atoms with Crippen molar-refractivity contribution in [3.8, 4) is 0 Å². The summed E-state index contributed by atoms with van der Waals surface area (Å²) in [5, 5.41) is 13.3. The van der Waals surface area contributed by atoms with Crippen molar-refractivity contribution >= 4 is 35.5 Å². The second-order valence-electron chi connectivity index (χ2n) is 12.4. The molecule has 13 nitrogen and oxygen atoms in total. The zero-order valence-corrected chi connectivity index (χ0v) is 28.0. The standard InChI is InChI=1S/C33H50N6O7/c1-9-19(7)27-32(44)37-25(17(3)4)31(43)36-23(16-21-14-12-11-13-15-21)29(41)35-22(10-2)28(40)38-26(18(5)6)33(45)46-20(8)24(34)30(42)39-27/h10-15,17-20,23-27H,9,16,34H2,1-8H3,(H,35,41)(H,36,43)(H,37,44)(H,38,40)(H,39,42)/b22-10-/t19-,20+,23+,24-,25-,26+,27-/m1/s1. The molecule has 46 heavy (non-hydrogen) atoms. The molecule has 0 aliphatic carbocycles. The number of nitrogens with two attached hydrogens (primary N) is 1. The Hall–Kier alpha value is -4.26. The monoisotopic (exact) mass is 642 g/mol. The third kappa shape index (κ3) is 10.4. The van der Waals surface area contributed by atoms with Crippen molar-refractivity contribution in [2.45, 2.75) is 105 Å². The van der Waals surface area contributed by atoms with Crippen molar-refractivity contribution in [2.24, 2.45) is 23.5 Å². The van der Waals surface area contributed by atoms with Crippen molar-refractivity contribution in [3.05, 3.63) is 47.7 Å². The topological polar surface area (TPSA) is 198 Å². The maximum Gasteiger partial charge on any atom is 0.329 e. The molecule has 0 radical (unpaired) electrons. The van der Waals surface area contributed by atoms with Gasteiger partial charge in [-0.2, -0.15) is 0 Å². The summed E-state index contributed by atoms with van der Waals surface area (Å²) in [6.07, 6.45) is 0.841. The number of amides is 5. The molecule has 0 saturated carbocycles. The first-order chi connectivity index (χ1) is 21.6. The van der Waals surface area contributed by atoms with Crippen molar-refractivity contribution < 1.29 is 33.5 Å². The van der Waals surface area contributed by atoms with Crippen LogP contribution >= 0.6 is 0 Å². The van der Waals surface area contributed by atoms with Crippen LogP contribution < -0.4 is 32.3 Å². The number of hydrogen-bond donors (Lipinski definition) is 6. The van der Waals surface area contributed by atoms with Crippen molar-refractivity contribution in [1.29, 1.82) is 0 Å². The van der Waals surface area contributed by atoms with Crippen LogP contribution in [-0.2, 0) is 39.9 Å². The molecule has 7 N–H and O–H groups in total. The van der Waals surface area contributed by atoms with Gasteiger partial charge >= 0.3 is 5.97 Å². The summed E-state index contributed by atoms with van der Waals surface area (Å²) >= 11 is 0. The molecule has 254 valence electrons. The highest BCUT2D eigenvalue weighted by molar-refractivity contribution is 6.01. The van der Waals surface area contributed by atoms with Gasteiger partial charge < -0.3 is 37.1 Å². The molecule has 1 fully saturated rings. The van der Waals surface area contributed by atoms with E-state index in [1.54, 1.807) is 58.9 Å². The summed E-state index contributed by atoms with van der Waals surface area (Å²) in [7, 11) is 0. The van der Waals surface area contributed by atoms with E-state index in [1.165, 1.54) is 19.9 Å². The third-order valence-corrected chi connectivity index (χ3v) is 8.06. The predicted octanol–water partition coefficient (Wildman–Crippen LogP) is 0.819. The number of carbonyl (C=O) groups is 6. The van der Waals surface area contributed by atoms with Gasteiger partial charge in [0, 0.05) is 6.42 Å². The highest BCUT2D eigenvalue weighted by Crippen LogP contribution is 2.14.